The summed E-state index contributed by atoms with van der Waals surface area (Å²) in [5.74, 6) is 0.291. The van der Waals surface area contributed by atoms with Crippen molar-refractivity contribution in [3.8, 4) is 5.75 Å². The molecule has 0 unspecified atom stereocenters. The van der Waals surface area contributed by atoms with Crippen LogP contribution in [0.2, 0.25) is 0 Å². The van der Waals surface area contributed by atoms with Gasteiger partial charge in [-0.3, -0.25) is 4.79 Å². The summed E-state index contributed by atoms with van der Waals surface area (Å²) in [4.78, 5) is 13.5. The molecule has 5 nitrogen and oxygen atoms in total. The summed E-state index contributed by atoms with van der Waals surface area (Å²) in [7, 11) is -2.17. The molecule has 0 fully saturated rings. The van der Waals surface area contributed by atoms with Gasteiger partial charge in [0.15, 0.2) is 9.84 Å². The average Bonchev–Trinajstić information content (AvgIpc) is 3.24. The van der Waals surface area contributed by atoms with Crippen molar-refractivity contribution in [3.63, 3.8) is 0 Å². The Bertz CT molecular complexity index is 1090. The monoisotopic (exact) mass is 429 g/mol. The van der Waals surface area contributed by atoms with E-state index < -0.39 is 15.1 Å². The molecule has 0 aliphatic carbocycles. The van der Waals surface area contributed by atoms with Gasteiger partial charge in [-0.15, -0.1) is 11.3 Å². The van der Waals surface area contributed by atoms with Crippen molar-refractivity contribution in [2.75, 3.05) is 13.7 Å². The van der Waals surface area contributed by atoms with Crippen molar-refractivity contribution in [2.24, 2.45) is 0 Å². The van der Waals surface area contributed by atoms with Crippen LogP contribution in [0.3, 0.4) is 0 Å². The molecule has 1 aromatic heterocycles. The van der Waals surface area contributed by atoms with Crippen molar-refractivity contribution in [1.82, 2.24) is 5.32 Å². The highest BCUT2D eigenvalue weighted by atomic mass is 32.2. The first kappa shape index (κ1) is 21.1. The second kappa shape index (κ2) is 8.80. The van der Waals surface area contributed by atoms with Crippen LogP contribution in [0.25, 0.3) is 0 Å². The number of hydrogen-bond acceptors (Lipinski definition) is 5. The molecule has 0 radical (unpaired) electrons. The van der Waals surface area contributed by atoms with Gasteiger partial charge in [0.2, 0.25) is 0 Å². The first-order valence-electron chi connectivity index (χ1n) is 9.09. The van der Waals surface area contributed by atoms with Gasteiger partial charge in [-0.05, 0) is 72.8 Å². The van der Waals surface area contributed by atoms with E-state index in [9.17, 15) is 13.2 Å². The van der Waals surface area contributed by atoms with Crippen molar-refractivity contribution >= 4 is 27.1 Å². The molecule has 0 saturated heterocycles. The van der Waals surface area contributed by atoms with E-state index in [0.717, 1.165) is 11.1 Å². The fourth-order valence-corrected chi connectivity index (χ4v) is 5.72. The van der Waals surface area contributed by atoms with E-state index in [-0.39, 0.29) is 17.3 Å². The number of sulfone groups is 1. The van der Waals surface area contributed by atoms with E-state index >= 15 is 0 Å². The Morgan fingerprint density at radius 2 is 1.79 bits per heavy atom. The Morgan fingerprint density at radius 3 is 2.38 bits per heavy atom. The van der Waals surface area contributed by atoms with Crippen LogP contribution < -0.4 is 10.1 Å². The largest absolute Gasteiger partial charge is 0.497 e. The van der Waals surface area contributed by atoms with Crippen molar-refractivity contribution < 1.29 is 17.9 Å². The van der Waals surface area contributed by atoms with E-state index in [2.05, 4.69) is 5.32 Å². The van der Waals surface area contributed by atoms with Gasteiger partial charge in [0.1, 0.15) is 11.0 Å². The highest BCUT2D eigenvalue weighted by Gasteiger charge is 2.30. The van der Waals surface area contributed by atoms with Gasteiger partial charge in [0.05, 0.1) is 12.0 Å². The average molecular weight is 430 g/mol. The van der Waals surface area contributed by atoms with Gasteiger partial charge >= 0.3 is 0 Å². The molecule has 3 rings (SSSR count). The molecule has 1 amide bonds. The number of hydrogen-bond donors (Lipinski definition) is 1. The van der Waals surface area contributed by atoms with Crippen molar-refractivity contribution in [3.05, 3.63) is 81.5 Å². The summed E-state index contributed by atoms with van der Waals surface area (Å²) in [5.41, 5.74) is 2.62. The number of carbonyl (C=O) groups excluding carboxylic acids is 1. The number of thiophene rings is 1. The maximum absolute atomic E-state index is 13.3. The summed E-state index contributed by atoms with van der Waals surface area (Å²) < 4.78 is 31.7. The Labute approximate surface area is 175 Å². The van der Waals surface area contributed by atoms with Gasteiger partial charge in [-0.25, -0.2) is 8.42 Å². The van der Waals surface area contributed by atoms with Crippen LogP contribution in [0.1, 0.15) is 31.6 Å². The number of amides is 1. The molecule has 2 aromatic carbocycles. The highest BCUT2D eigenvalue weighted by molar-refractivity contribution is 7.91. The fraction of sp³-hybridized carbons (Fsp3) is 0.227. The van der Waals surface area contributed by atoms with Crippen molar-refractivity contribution in [2.45, 2.75) is 24.0 Å². The summed E-state index contributed by atoms with van der Waals surface area (Å²) in [5, 5.41) is 3.76. The molecule has 1 N–H and O–H groups in total. The van der Waals surface area contributed by atoms with E-state index in [1.807, 2.05) is 37.4 Å². The van der Waals surface area contributed by atoms with Crippen LogP contribution in [0, 0.1) is 13.8 Å². The number of aryl methyl sites for hydroxylation is 2. The SMILES string of the molecule is COc1ccc(S(=O)(=O)[C@H](CNC(=O)c2ccc(C)c(C)c2)c2cccs2)cc1. The Kier molecular flexibility index (Phi) is 6.39. The Balaban J connectivity index is 1.85. The Morgan fingerprint density at radius 1 is 1.07 bits per heavy atom. The van der Waals surface area contributed by atoms with E-state index in [4.69, 9.17) is 4.74 Å². The summed E-state index contributed by atoms with van der Waals surface area (Å²) >= 11 is 1.36. The molecule has 0 aliphatic heterocycles. The molecular weight excluding hydrogens is 406 g/mol. The third-order valence-electron chi connectivity index (χ3n) is 4.84. The number of methoxy groups -OCH3 is 1. The fourth-order valence-electron chi connectivity index (χ4n) is 2.94. The zero-order valence-electron chi connectivity index (χ0n) is 16.5. The topological polar surface area (TPSA) is 72.5 Å². The van der Waals surface area contributed by atoms with Gasteiger partial charge < -0.3 is 10.1 Å². The van der Waals surface area contributed by atoms with Crippen LogP contribution >= 0.6 is 11.3 Å². The molecule has 0 spiro atoms. The number of benzene rings is 2. The molecule has 1 atom stereocenters. The third-order valence-corrected chi connectivity index (χ3v) is 8.07. The van der Waals surface area contributed by atoms with Crippen LogP contribution in [0.15, 0.2) is 64.9 Å². The molecule has 3 aromatic rings. The maximum Gasteiger partial charge on any atom is 0.251 e. The van der Waals surface area contributed by atoms with E-state index in [1.54, 1.807) is 24.3 Å². The standard InChI is InChI=1S/C22H23NO4S2/c1-15-6-7-17(13-16(15)2)22(24)23-14-21(20-5-4-12-28-20)29(25,26)19-10-8-18(27-3)9-11-19/h4-13,21H,14H2,1-3H3,(H,23,24)/t21-/m1/s1. The highest BCUT2D eigenvalue weighted by Crippen LogP contribution is 2.32. The van der Waals surface area contributed by atoms with E-state index in [1.165, 1.54) is 30.6 Å². The maximum atomic E-state index is 13.3. The lowest BCUT2D eigenvalue weighted by molar-refractivity contribution is 0.0953. The zero-order valence-corrected chi connectivity index (χ0v) is 18.1. The lowest BCUT2D eigenvalue weighted by Gasteiger charge is -2.18. The van der Waals surface area contributed by atoms with Crippen molar-refractivity contribution in [1.29, 1.82) is 0 Å². The minimum Gasteiger partial charge on any atom is -0.497 e. The number of ether oxygens (including phenoxy) is 1. The normalized spacial score (nSPS) is 12.4. The molecular formula is C22H23NO4S2. The number of nitrogens with one attached hydrogen (secondary N) is 1. The second-order valence-electron chi connectivity index (χ2n) is 6.73. The minimum atomic E-state index is -3.70. The lowest BCUT2D eigenvalue weighted by atomic mass is 10.1. The summed E-state index contributed by atoms with van der Waals surface area (Å²) in [6, 6.07) is 15.3. The number of rotatable bonds is 7. The van der Waals surface area contributed by atoms with Gasteiger partial charge in [0, 0.05) is 17.0 Å². The second-order valence-corrected chi connectivity index (χ2v) is 9.84. The van der Waals surface area contributed by atoms with Crippen LogP contribution in [-0.4, -0.2) is 28.0 Å². The molecule has 0 saturated carbocycles. The van der Waals surface area contributed by atoms with Gasteiger partial charge in [-0.1, -0.05) is 12.1 Å². The molecule has 7 heteroatoms. The van der Waals surface area contributed by atoms with Crippen LogP contribution in [0.5, 0.6) is 5.75 Å². The molecule has 152 valence electrons. The predicted octanol–water partition coefficient (Wildman–Crippen LogP) is 4.32. The first-order valence-corrected chi connectivity index (χ1v) is 11.5. The minimum absolute atomic E-state index is 0.0133. The third kappa shape index (κ3) is 4.68. The van der Waals surface area contributed by atoms with Crippen LogP contribution in [0.4, 0.5) is 0 Å². The molecule has 0 bridgehead atoms. The van der Waals surface area contributed by atoms with E-state index in [0.29, 0.717) is 16.2 Å². The molecule has 29 heavy (non-hydrogen) atoms. The first-order chi connectivity index (χ1) is 13.8. The van der Waals surface area contributed by atoms with Crippen LogP contribution in [-0.2, 0) is 9.84 Å². The summed E-state index contributed by atoms with van der Waals surface area (Å²) in [6.45, 7) is 3.90. The van der Waals surface area contributed by atoms with Gasteiger partial charge in [0.25, 0.3) is 5.91 Å². The molecule has 1 heterocycles. The zero-order chi connectivity index (χ0) is 21.0. The Hall–Kier alpha value is -2.64. The predicted molar refractivity (Wildman–Crippen MR) is 115 cm³/mol. The quantitative estimate of drug-likeness (QED) is 0.607. The number of carbonyl (C=O) groups is 1. The molecule has 0 aliphatic rings. The van der Waals surface area contributed by atoms with Gasteiger partial charge in [-0.2, -0.15) is 0 Å². The lowest BCUT2D eigenvalue weighted by Crippen LogP contribution is -2.31. The summed E-state index contributed by atoms with van der Waals surface area (Å²) in [6.07, 6.45) is 0. The smallest absolute Gasteiger partial charge is 0.251 e.